The number of rotatable bonds is 4. The minimum Gasteiger partial charge on any atom is -0.332 e. The molecule has 0 unspecified atom stereocenters. The van der Waals surface area contributed by atoms with E-state index in [1.165, 1.54) is 0 Å². The van der Waals surface area contributed by atoms with Crippen molar-refractivity contribution in [3.63, 3.8) is 0 Å². The number of urea groups is 1. The SMILES string of the molecule is Cc1cccnc1CNC(=O)N1CCC(Cn2cncn2)CC1. The van der Waals surface area contributed by atoms with E-state index in [9.17, 15) is 4.79 Å². The first-order valence-corrected chi connectivity index (χ1v) is 7.98. The van der Waals surface area contributed by atoms with Crippen LogP contribution >= 0.6 is 0 Å². The molecule has 1 aliphatic rings. The van der Waals surface area contributed by atoms with Crippen molar-refractivity contribution in [1.82, 2.24) is 30.0 Å². The summed E-state index contributed by atoms with van der Waals surface area (Å²) in [5.74, 6) is 0.554. The number of carbonyl (C=O) groups is 1. The average molecular weight is 314 g/mol. The zero-order chi connectivity index (χ0) is 16.1. The lowest BCUT2D eigenvalue weighted by molar-refractivity contribution is 0.163. The van der Waals surface area contributed by atoms with Crippen molar-refractivity contribution in [3.8, 4) is 0 Å². The normalized spacial score (nSPS) is 15.6. The number of hydrogen-bond acceptors (Lipinski definition) is 4. The van der Waals surface area contributed by atoms with Crippen LogP contribution in [0.2, 0.25) is 0 Å². The Labute approximate surface area is 135 Å². The number of amides is 2. The fraction of sp³-hybridized carbons (Fsp3) is 0.500. The van der Waals surface area contributed by atoms with Gasteiger partial charge in [-0.1, -0.05) is 6.07 Å². The van der Waals surface area contributed by atoms with E-state index in [-0.39, 0.29) is 6.03 Å². The Hall–Kier alpha value is -2.44. The summed E-state index contributed by atoms with van der Waals surface area (Å²) >= 11 is 0. The Balaban J connectivity index is 1.44. The molecule has 2 aromatic rings. The summed E-state index contributed by atoms with van der Waals surface area (Å²) < 4.78 is 1.87. The van der Waals surface area contributed by atoms with Gasteiger partial charge in [0, 0.05) is 25.8 Å². The Kier molecular flexibility index (Phi) is 4.85. The number of likely N-dealkylation sites (tertiary alicyclic amines) is 1. The largest absolute Gasteiger partial charge is 0.332 e. The molecule has 1 fully saturated rings. The van der Waals surface area contributed by atoms with Gasteiger partial charge in [0.15, 0.2) is 0 Å². The van der Waals surface area contributed by atoms with Crippen LogP contribution in [0.25, 0.3) is 0 Å². The van der Waals surface area contributed by atoms with E-state index < -0.39 is 0 Å². The minimum atomic E-state index is -0.00532. The first-order valence-electron chi connectivity index (χ1n) is 7.98. The molecule has 2 amide bonds. The fourth-order valence-electron chi connectivity index (χ4n) is 2.88. The van der Waals surface area contributed by atoms with Gasteiger partial charge in [-0.2, -0.15) is 5.10 Å². The van der Waals surface area contributed by atoms with Crippen LogP contribution in [0, 0.1) is 12.8 Å². The molecule has 122 valence electrons. The molecule has 0 radical (unpaired) electrons. The number of pyridine rings is 1. The van der Waals surface area contributed by atoms with Gasteiger partial charge in [-0.05, 0) is 37.3 Å². The van der Waals surface area contributed by atoms with Crippen LogP contribution in [0.4, 0.5) is 4.79 Å². The first-order chi connectivity index (χ1) is 11.2. The van der Waals surface area contributed by atoms with Gasteiger partial charge in [-0.15, -0.1) is 0 Å². The van der Waals surface area contributed by atoms with Gasteiger partial charge in [-0.25, -0.2) is 9.78 Å². The molecule has 0 aliphatic carbocycles. The maximum atomic E-state index is 12.3. The third kappa shape index (κ3) is 4.06. The van der Waals surface area contributed by atoms with E-state index in [1.807, 2.05) is 28.6 Å². The molecule has 2 aromatic heterocycles. The second kappa shape index (κ2) is 7.21. The predicted molar refractivity (Wildman–Crippen MR) is 85.5 cm³/mol. The van der Waals surface area contributed by atoms with E-state index in [2.05, 4.69) is 20.4 Å². The molecular formula is C16H22N6O. The molecular weight excluding hydrogens is 292 g/mol. The van der Waals surface area contributed by atoms with Crippen molar-refractivity contribution >= 4 is 6.03 Å². The Bertz CT molecular complexity index is 634. The molecule has 0 aromatic carbocycles. The summed E-state index contributed by atoms with van der Waals surface area (Å²) in [4.78, 5) is 22.4. The van der Waals surface area contributed by atoms with Crippen LogP contribution < -0.4 is 5.32 Å². The molecule has 0 bridgehead atoms. The lowest BCUT2D eigenvalue weighted by Crippen LogP contribution is -2.44. The summed E-state index contributed by atoms with van der Waals surface area (Å²) in [5.41, 5.74) is 2.02. The van der Waals surface area contributed by atoms with Crippen molar-refractivity contribution in [2.45, 2.75) is 32.9 Å². The number of hydrogen-bond donors (Lipinski definition) is 1. The lowest BCUT2D eigenvalue weighted by atomic mass is 9.97. The highest BCUT2D eigenvalue weighted by Crippen LogP contribution is 2.18. The minimum absolute atomic E-state index is 0.00532. The maximum Gasteiger partial charge on any atom is 0.317 e. The van der Waals surface area contributed by atoms with Crippen molar-refractivity contribution in [3.05, 3.63) is 42.2 Å². The van der Waals surface area contributed by atoms with Gasteiger partial charge in [0.1, 0.15) is 12.7 Å². The van der Waals surface area contributed by atoms with Crippen molar-refractivity contribution < 1.29 is 4.79 Å². The molecule has 1 saturated heterocycles. The highest BCUT2D eigenvalue weighted by Gasteiger charge is 2.23. The highest BCUT2D eigenvalue weighted by molar-refractivity contribution is 5.74. The summed E-state index contributed by atoms with van der Waals surface area (Å²) in [7, 11) is 0. The zero-order valence-electron chi connectivity index (χ0n) is 13.4. The molecule has 0 atom stereocenters. The Morgan fingerprint density at radius 3 is 2.91 bits per heavy atom. The van der Waals surface area contributed by atoms with Crippen molar-refractivity contribution in [1.29, 1.82) is 0 Å². The zero-order valence-corrected chi connectivity index (χ0v) is 13.4. The molecule has 1 aliphatic heterocycles. The van der Waals surface area contributed by atoms with Crippen LogP contribution in [0.15, 0.2) is 31.0 Å². The van der Waals surface area contributed by atoms with Gasteiger partial charge < -0.3 is 10.2 Å². The number of nitrogens with zero attached hydrogens (tertiary/aromatic N) is 5. The van der Waals surface area contributed by atoms with Crippen LogP contribution in [-0.2, 0) is 13.1 Å². The lowest BCUT2D eigenvalue weighted by Gasteiger charge is -2.31. The highest BCUT2D eigenvalue weighted by atomic mass is 16.2. The topological polar surface area (TPSA) is 75.9 Å². The van der Waals surface area contributed by atoms with Crippen LogP contribution in [0.5, 0.6) is 0 Å². The van der Waals surface area contributed by atoms with Gasteiger partial charge >= 0.3 is 6.03 Å². The van der Waals surface area contributed by atoms with Crippen LogP contribution in [0.3, 0.4) is 0 Å². The van der Waals surface area contributed by atoms with E-state index >= 15 is 0 Å². The van der Waals surface area contributed by atoms with Crippen molar-refractivity contribution in [2.75, 3.05) is 13.1 Å². The molecule has 0 saturated carbocycles. The summed E-state index contributed by atoms with van der Waals surface area (Å²) in [6.07, 6.45) is 7.05. The average Bonchev–Trinajstić information content (AvgIpc) is 3.07. The monoisotopic (exact) mass is 314 g/mol. The molecule has 7 nitrogen and oxygen atoms in total. The van der Waals surface area contributed by atoms with Gasteiger partial charge in [0.2, 0.25) is 0 Å². The molecule has 23 heavy (non-hydrogen) atoms. The predicted octanol–water partition coefficient (Wildman–Crippen LogP) is 1.60. The molecule has 1 N–H and O–H groups in total. The van der Waals surface area contributed by atoms with Crippen LogP contribution in [-0.4, -0.2) is 43.8 Å². The second-order valence-electron chi connectivity index (χ2n) is 5.97. The standard InChI is InChI=1S/C16H22N6O/c1-13-3-2-6-18-15(13)9-19-16(23)21-7-4-14(5-8-21)10-22-12-17-11-20-22/h2-3,6,11-12,14H,4-5,7-10H2,1H3,(H,19,23). The van der Waals surface area contributed by atoms with Crippen LogP contribution in [0.1, 0.15) is 24.1 Å². The second-order valence-corrected chi connectivity index (χ2v) is 5.97. The third-order valence-electron chi connectivity index (χ3n) is 4.34. The van der Waals surface area contributed by atoms with E-state index in [0.29, 0.717) is 12.5 Å². The van der Waals surface area contributed by atoms with E-state index in [4.69, 9.17) is 0 Å². The third-order valence-corrected chi connectivity index (χ3v) is 4.34. The van der Waals surface area contributed by atoms with Gasteiger partial charge in [-0.3, -0.25) is 9.67 Å². The maximum absolute atomic E-state index is 12.3. The number of carbonyl (C=O) groups excluding carboxylic acids is 1. The summed E-state index contributed by atoms with van der Waals surface area (Å²) in [6.45, 7) is 4.93. The number of aromatic nitrogens is 4. The van der Waals surface area contributed by atoms with Crippen molar-refractivity contribution in [2.24, 2.45) is 5.92 Å². The quantitative estimate of drug-likeness (QED) is 0.930. The number of aryl methyl sites for hydroxylation is 1. The summed E-state index contributed by atoms with van der Waals surface area (Å²) in [5, 5.41) is 7.11. The molecule has 3 heterocycles. The first kappa shape index (κ1) is 15.5. The fourth-order valence-corrected chi connectivity index (χ4v) is 2.88. The van der Waals surface area contributed by atoms with E-state index in [1.54, 1.807) is 18.9 Å². The van der Waals surface area contributed by atoms with Gasteiger partial charge in [0.05, 0.1) is 12.2 Å². The Morgan fingerprint density at radius 1 is 1.39 bits per heavy atom. The molecule has 3 rings (SSSR count). The van der Waals surface area contributed by atoms with E-state index in [0.717, 1.165) is 43.7 Å². The molecule has 0 spiro atoms. The summed E-state index contributed by atoms with van der Waals surface area (Å²) in [6, 6.07) is 3.90. The molecule has 7 heteroatoms. The number of nitrogens with one attached hydrogen (secondary N) is 1. The van der Waals surface area contributed by atoms with Gasteiger partial charge in [0.25, 0.3) is 0 Å². The Morgan fingerprint density at radius 2 is 2.22 bits per heavy atom. The smallest absolute Gasteiger partial charge is 0.317 e. The number of piperidine rings is 1.